The van der Waals surface area contributed by atoms with Crippen LogP contribution < -0.4 is 10.1 Å². The third-order valence-electron chi connectivity index (χ3n) is 2.41. The lowest BCUT2D eigenvalue weighted by Gasteiger charge is -2.07. The normalized spacial score (nSPS) is 10.1. The van der Waals surface area contributed by atoms with E-state index < -0.39 is 4.92 Å². The van der Waals surface area contributed by atoms with Gasteiger partial charge in [0.15, 0.2) is 0 Å². The van der Waals surface area contributed by atoms with E-state index in [2.05, 4.69) is 15.3 Å². The van der Waals surface area contributed by atoms with Gasteiger partial charge in [0, 0.05) is 12.7 Å². The zero-order valence-corrected chi connectivity index (χ0v) is 10.9. The Labute approximate surface area is 115 Å². The van der Waals surface area contributed by atoms with Gasteiger partial charge >= 0.3 is 0 Å². The lowest BCUT2D eigenvalue weighted by Crippen LogP contribution is -2.03. The van der Waals surface area contributed by atoms with Crippen LogP contribution in [0.4, 0.5) is 11.5 Å². The Balaban J connectivity index is 2.26. The van der Waals surface area contributed by atoms with Gasteiger partial charge in [-0.05, 0) is 18.6 Å². The number of hydrogen-bond acceptors (Lipinski definition) is 6. The number of aromatic nitrogens is 2. The van der Waals surface area contributed by atoms with E-state index in [1.165, 1.54) is 18.3 Å². The Morgan fingerprint density at radius 1 is 1.45 bits per heavy atom. The summed E-state index contributed by atoms with van der Waals surface area (Å²) in [5.74, 6) is 1.05. The molecule has 2 aromatic heterocycles. The first-order valence-corrected chi connectivity index (χ1v) is 6.17. The predicted molar refractivity (Wildman–Crippen MR) is 74.0 cm³/mol. The lowest BCUT2D eigenvalue weighted by molar-refractivity contribution is -0.384. The highest BCUT2D eigenvalue weighted by Crippen LogP contribution is 2.25. The Bertz CT molecular complexity index is 589. The highest BCUT2D eigenvalue weighted by Gasteiger charge is 2.12. The summed E-state index contributed by atoms with van der Waals surface area (Å²) in [6.07, 6.45) is 4.02. The van der Waals surface area contributed by atoms with E-state index in [1.807, 2.05) is 6.92 Å². The summed E-state index contributed by atoms with van der Waals surface area (Å²) in [5, 5.41) is 13.9. The number of ether oxygens (including phenoxy) is 1. The minimum Gasteiger partial charge on any atom is -0.437 e. The molecular formula is C13H14N4O3. The quantitative estimate of drug-likeness (QED) is 0.643. The second-order valence-corrected chi connectivity index (χ2v) is 4.02. The van der Waals surface area contributed by atoms with Gasteiger partial charge in [0.05, 0.1) is 23.3 Å². The molecule has 2 heterocycles. The molecular weight excluding hydrogens is 260 g/mol. The van der Waals surface area contributed by atoms with E-state index in [0.29, 0.717) is 18.1 Å². The molecule has 2 aromatic rings. The smallest absolute Gasteiger partial charge is 0.278 e. The maximum atomic E-state index is 10.9. The summed E-state index contributed by atoms with van der Waals surface area (Å²) in [6.45, 7) is 2.68. The van der Waals surface area contributed by atoms with Crippen LogP contribution in [0, 0.1) is 10.1 Å². The van der Waals surface area contributed by atoms with Crippen LogP contribution in [-0.2, 0) is 0 Å². The van der Waals surface area contributed by atoms with Gasteiger partial charge in [-0.3, -0.25) is 15.1 Å². The Kier molecular flexibility index (Phi) is 4.43. The topological polar surface area (TPSA) is 90.2 Å². The number of rotatable bonds is 6. The minimum absolute atomic E-state index is 0.0718. The minimum atomic E-state index is -0.477. The molecule has 7 heteroatoms. The highest BCUT2D eigenvalue weighted by molar-refractivity contribution is 5.48. The van der Waals surface area contributed by atoms with Crippen LogP contribution in [0.25, 0.3) is 0 Å². The molecule has 0 fully saturated rings. The molecule has 104 valence electrons. The van der Waals surface area contributed by atoms with Crippen LogP contribution in [-0.4, -0.2) is 21.4 Å². The molecule has 0 radical (unpaired) electrons. The van der Waals surface area contributed by atoms with E-state index in [4.69, 9.17) is 4.74 Å². The molecule has 0 saturated heterocycles. The van der Waals surface area contributed by atoms with Gasteiger partial charge in [-0.1, -0.05) is 6.92 Å². The number of nitrogens with one attached hydrogen (secondary N) is 1. The SMILES string of the molecule is CCCNc1cc([N+](=O)[O-])cc(Oc2cccnc2)n1. The number of hydrogen-bond donors (Lipinski definition) is 1. The van der Waals surface area contributed by atoms with Crippen LogP contribution in [0.2, 0.25) is 0 Å². The molecule has 0 atom stereocenters. The average molecular weight is 274 g/mol. The van der Waals surface area contributed by atoms with E-state index in [9.17, 15) is 10.1 Å². The van der Waals surface area contributed by atoms with Crippen molar-refractivity contribution in [2.45, 2.75) is 13.3 Å². The number of nitrogens with zero attached hydrogens (tertiary/aromatic N) is 3. The summed E-state index contributed by atoms with van der Waals surface area (Å²) in [6, 6.07) is 6.07. The number of nitro groups is 1. The van der Waals surface area contributed by atoms with Gasteiger partial charge in [-0.2, -0.15) is 4.98 Å². The molecule has 7 nitrogen and oxygen atoms in total. The van der Waals surface area contributed by atoms with Crippen LogP contribution >= 0.6 is 0 Å². The molecule has 0 amide bonds. The van der Waals surface area contributed by atoms with Gasteiger partial charge < -0.3 is 10.1 Å². The van der Waals surface area contributed by atoms with Crippen molar-refractivity contribution in [3.63, 3.8) is 0 Å². The van der Waals surface area contributed by atoms with Gasteiger partial charge in [-0.25, -0.2) is 0 Å². The standard InChI is InChI=1S/C13H14N4O3/c1-2-5-15-12-7-10(17(18)19)8-13(16-12)20-11-4-3-6-14-9-11/h3-4,6-9H,2,5H2,1H3,(H,15,16). The molecule has 0 aliphatic rings. The fraction of sp³-hybridized carbons (Fsp3) is 0.231. The van der Waals surface area contributed by atoms with E-state index in [0.717, 1.165) is 6.42 Å². The maximum Gasteiger partial charge on any atom is 0.278 e. The molecule has 20 heavy (non-hydrogen) atoms. The second-order valence-electron chi connectivity index (χ2n) is 4.02. The largest absolute Gasteiger partial charge is 0.437 e. The highest BCUT2D eigenvalue weighted by atomic mass is 16.6. The van der Waals surface area contributed by atoms with Crippen LogP contribution in [0.15, 0.2) is 36.7 Å². The van der Waals surface area contributed by atoms with Crippen molar-refractivity contribution in [1.29, 1.82) is 0 Å². The van der Waals surface area contributed by atoms with Crippen LogP contribution in [0.5, 0.6) is 11.6 Å². The summed E-state index contributed by atoms with van der Waals surface area (Å²) >= 11 is 0. The van der Waals surface area contributed by atoms with Gasteiger partial charge in [-0.15, -0.1) is 0 Å². The molecule has 2 rings (SSSR count). The van der Waals surface area contributed by atoms with Crippen molar-refractivity contribution in [3.8, 4) is 11.6 Å². The Hall–Kier alpha value is -2.70. The van der Waals surface area contributed by atoms with Crippen molar-refractivity contribution in [2.75, 3.05) is 11.9 Å². The molecule has 0 spiro atoms. The summed E-state index contributed by atoms with van der Waals surface area (Å²) in [7, 11) is 0. The first-order valence-electron chi connectivity index (χ1n) is 6.17. The Morgan fingerprint density at radius 2 is 2.30 bits per heavy atom. The average Bonchev–Trinajstić information content (AvgIpc) is 2.46. The van der Waals surface area contributed by atoms with Crippen molar-refractivity contribution in [1.82, 2.24) is 9.97 Å². The van der Waals surface area contributed by atoms with E-state index in [1.54, 1.807) is 18.3 Å². The van der Waals surface area contributed by atoms with Crippen molar-refractivity contribution >= 4 is 11.5 Å². The Morgan fingerprint density at radius 3 is 2.95 bits per heavy atom. The fourth-order valence-electron chi connectivity index (χ4n) is 1.52. The predicted octanol–water partition coefficient (Wildman–Crippen LogP) is 3.00. The molecule has 0 saturated carbocycles. The molecule has 1 N–H and O–H groups in total. The first-order chi connectivity index (χ1) is 9.69. The summed E-state index contributed by atoms with van der Waals surface area (Å²) in [5.41, 5.74) is -0.0718. The molecule has 0 aromatic carbocycles. The van der Waals surface area contributed by atoms with Crippen molar-refractivity contribution < 1.29 is 9.66 Å². The van der Waals surface area contributed by atoms with Crippen molar-refractivity contribution in [2.24, 2.45) is 0 Å². The molecule has 0 unspecified atom stereocenters. The lowest BCUT2D eigenvalue weighted by atomic mass is 10.3. The third kappa shape index (κ3) is 3.64. The van der Waals surface area contributed by atoms with Crippen LogP contribution in [0.1, 0.15) is 13.3 Å². The van der Waals surface area contributed by atoms with Crippen LogP contribution in [0.3, 0.4) is 0 Å². The monoisotopic (exact) mass is 274 g/mol. The first kappa shape index (κ1) is 13.7. The molecule has 0 bridgehead atoms. The maximum absolute atomic E-state index is 10.9. The van der Waals surface area contributed by atoms with Gasteiger partial charge in [0.2, 0.25) is 5.88 Å². The zero-order valence-electron chi connectivity index (χ0n) is 10.9. The molecule has 0 aliphatic carbocycles. The second kappa shape index (κ2) is 6.46. The summed E-state index contributed by atoms with van der Waals surface area (Å²) in [4.78, 5) is 18.5. The van der Waals surface area contributed by atoms with Crippen molar-refractivity contribution in [3.05, 3.63) is 46.8 Å². The number of anilines is 1. The van der Waals surface area contributed by atoms with Gasteiger partial charge in [0.25, 0.3) is 5.69 Å². The number of pyridine rings is 2. The summed E-state index contributed by atoms with van der Waals surface area (Å²) < 4.78 is 5.47. The van der Waals surface area contributed by atoms with Gasteiger partial charge in [0.1, 0.15) is 11.6 Å². The fourth-order valence-corrected chi connectivity index (χ4v) is 1.52. The van der Waals surface area contributed by atoms with E-state index in [-0.39, 0.29) is 11.6 Å². The molecule has 0 aliphatic heterocycles. The van der Waals surface area contributed by atoms with E-state index >= 15 is 0 Å². The third-order valence-corrected chi connectivity index (χ3v) is 2.41. The zero-order chi connectivity index (χ0) is 14.4.